The predicted molar refractivity (Wildman–Crippen MR) is 89.6 cm³/mol. The van der Waals surface area contributed by atoms with Crippen molar-refractivity contribution in [2.75, 3.05) is 43.1 Å². The van der Waals surface area contributed by atoms with Gasteiger partial charge in [0, 0.05) is 25.2 Å². The second-order valence-corrected chi connectivity index (χ2v) is 6.23. The number of carbonyl (C=O) groups excluding carboxylic acids is 1. The van der Waals surface area contributed by atoms with E-state index in [0.29, 0.717) is 19.4 Å². The van der Waals surface area contributed by atoms with Gasteiger partial charge in [0.25, 0.3) is 0 Å². The van der Waals surface area contributed by atoms with Crippen molar-refractivity contribution >= 4 is 38.3 Å². The molecular formula is C15H20N4O2S. The van der Waals surface area contributed by atoms with Crippen LogP contribution < -0.4 is 16.0 Å². The fourth-order valence-electron chi connectivity index (χ4n) is 2.37. The first-order chi connectivity index (χ1) is 10.8. The van der Waals surface area contributed by atoms with Crippen LogP contribution in [-0.4, -0.2) is 43.7 Å². The van der Waals surface area contributed by atoms with Crippen LogP contribution in [0, 0.1) is 0 Å². The number of anilines is 2. The van der Waals surface area contributed by atoms with Crippen molar-refractivity contribution in [1.82, 2.24) is 4.98 Å². The minimum absolute atomic E-state index is 0.00252. The molecule has 1 aliphatic rings. The van der Waals surface area contributed by atoms with Gasteiger partial charge in [-0.15, -0.1) is 0 Å². The lowest BCUT2D eigenvalue weighted by Gasteiger charge is -2.25. The van der Waals surface area contributed by atoms with E-state index in [-0.39, 0.29) is 5.91 Å². The number of morpholine rings is 1. The van der Waals surface area contributed by atoms with E-state index in [9.17, 15) is 4.79 Å². The highest BCUT2D eigenvalue weighted by atomic mass is 32.1. The lowest BCUT2D eigenvalue weighted by atomic mass is 10.2. The van der Waals surface area contributed by atoms with Gasteiger partial charge in [-0.2, -0.15) is 0 Å². The van der Waals surface area contributed by atoms with E-state index < -0.39 is 0 Å². The summed E-state index contributed by atoms with van der Waals surface area (Å²) in [7, 11) is 0. The van der Waals surface area contributed by atoms with Crippen LogP contribution in [0.25, 0.3) is 10.2 Å². The highest BCUT2D eigenvalue weighted by molar-refractivity contribution is 7.22. The molecule has 118 valence electrons. The summed E-state index contributed by atoms with van der Waals surface area (Å²) in [5.74, 6) is 0.00252. The molecular weight excluding hydrogens is 300 g/mol. The number of aromatic nitrogens is 1. The molecule has 2 heterocycles. The number of ether oxygens (including phenoxy) is 1. The van der Waals surface area contributed by atoms with Gasteiger partial charge in [0.15, 0.2) is 5.13 Å². The average Bonchev–Trinajstić information content (AvgIpc) is 2.97. The highest BCUT2D eigenvalue weighted by Crippen LogP contribution is 2.31. The maximum atomic E-state index is 11.8. The van der Waals surface area contributed by atoms with Crippen molar-refractivity contribution < 1.29 is 9.53 Å². The van der Waals surface area contributed by atoms with Crippen LogP contribution in [0.1, 0.15) is 12.8 Å². The molecule has 1 aromatic heterocycles. The van der Waals surface area contributed by atoms with Crippen molar-refractivity contribution in [3.63, 3.8) is 0 Å². The Hall–Kier alpha value is -1.70. The van der Waals surface area contributed by atoms with Crippen molar-refractivity contribution in [2.45, 2.75) is 12.8 Å². The van der Waals surface area contributed by atoms with Crippen LogP contribution in [0.3, 0.4) is 0 Å². The van der Waals surface area contributed by atoms with Crippen molar-refractivity contribution in [2.24, 2.45) is 5.73 Å². The number of rotatable bonds is 5. The number of hydrogen-bond donors (Lipinski definition) is 2. The van der Waals surface area contributed by atoms with Gasteiger partial charge in [-0.25, -0.2) is 4.98 Å². The Balaban J connectivity index is 1.73. The van der Waals surface area contributed by atoms with E-state index >= 15 is 0 Å². The lowest BCUT2D eigenvalue weighted by molar-refractivity contribution is -0.116. The third kappa shape index (κ3) is 3.55. The first-order valence-electron chi connectivity index (χ1n) is 7.49. The largest absolute Gasteiger partial charge is 0.378 e. The maximum Gasteiger partial charge on any atom is 0.224 e. The van der Waals surface area contributed by atoms with Gasteiger partial charge in [0.1, 0.15) is 0 Å². The molecule has 0 aliphatic carbocycles. The van der Waals surface area contributed by atoms with Crippen molar-refractivity contribution in [3.8, 4) is 0 Å². The van der Waals surface area contributed by atoms with Crippen LogP contribution in [0.2, 0.25) is 0 Å². The van der Waals surface area contributed by atoms with Gasteiger partial charge in [0.2, 0.25) is 5.91 Å². The number of carbonyl (C=O) groups is 1. The summed E-state index contributed by atoms with van der Waals surface area (Å²) < 4.78 is 6.45. The summed E-state index contributed by atoms with van der Waals surface area (Å²) in [5.41, 5.74) is 7.19. The number of thiazole rings is 1. The van der Waals surface area contributed by atoms with Gasteiger partial charge >= 0.3 is 0 Å². The molecule has 7 heteroatoms. The minimum Gasteiger partial charge on any atom is -0.378 e. The summed E-state index contributed by atoms with van der Waals surface area (Å²) in [6.45, 7) is 3.78. The topological polar surface area (TPSA) is 80.5 Å². The Bertz CT molecular complexity index is 652. The molecule has 1 aromatic carbocycles. The number of nitrogens with zero attached hydrogens (tertiary/aromatic N) is 2. The molecule has 22 heavy (non-hydrogen) atoms. The number of nitrogens with two attached hydrogens (primary N) is 1. The van der Waals surface area contributed by atoms with Crippen LogP contribution in [0.5, 0.6) is 0 Å². The molecule has 0 unspecified atom stereocenters. The zero-order chi connectivity index (χ0) is 15.4. The van der Waals surface area contributed by atoms with Gasteiger partial charge in [-0.05, 0) is 31.2 Å². The molecule has 1 fully saturated rings. The molecule has 0 saturated carbocycles. The van der Waals surface area contributed by atoms with E-state index in [1.54, 1.807) is 11.3 Å². The van der Waals surface area contributed by atoms with Crippen LogP contribution in [-0.2, 0) is 9.53 Å². The predicted octanol–water partition coefficient (Wildman–Crippen LogP) is 1.81. The Morgan fingerprint density at radius 3 is 3.00 bits per heavy atom. The monoisotopic (exact) mass is 320 g/mol. The summed E-state index contributed by atoms with van der Waals surface area (Å²) in [4.78, 5) is 18.7. The Morgan fingerprint density at radius 1 is 1.41 bits per heavy atom. The minimum atomic E-state index is 0.00252. The quantitative estimate of drug-likeness (QED) is 0.878. The van der Waals surface area contributed by atoms with Crippen molar-refractivity contribution in [1.29, 1.82) is 0 Å². The number of amides is 1. The highest BCUT2D eigenvalue weighted by Gasteiger charge is 2.15. The van der Waals surface area contributed by atoms with Crippen LogP contribution in [0.15, 0.2) is 18.2 Å². The number of fused-ring (bicyclic) bond motifs is 1. The molecule has 3 rings (SSSR count). The third-order valence-electron chi connectivity index (χ3n) is 3.55. The summed E-state index contributed by atoms with van der Waals surface area (Å²) in [5, 5.41) is 3.93. The Morgan fingerprint density at radius 2 is 2.23 bits per heavy atom. The fourth-order valence-corrected chi connectivity index (χ4v) is 3.42. The molecule has 0 radical (unpaired) electrons. The standard InChI is InChI=1S/C15H20N4O2S/c16-5-1-2-14(20)17-11-3-4-12-13(10-11)22-15(18-12)19-6-8-21-9-7-19/h3-4,10H,1-2,5-9,16H2,(H,17,20). The van der Waals surface area contributed by atoms with E-state index in [1.165, 1.54) is 0 Å². The zero-order valence-corrected chi connectivity index (χ0v) is 13.2. The molecule has 1 aliphatic heterocycles. The first kappa shape index (κ1) is 15.2. The molecule has 2 aromatic rings. The van der Waals surface area contributed by atoms with Gasteiger partial charge in [0.05, 0.1) is 23.4 Å². The SMILES string of the molecule is NCCCC(=O)Nc1ccc2nc(N3CCOCC3)sc2c1. The molecule has 3 N–H and O–H groups in total. The molecule has 0 atom stereocenters. The second kappa shape index (κ2) is 7.04. The van der Waals surface area contributed by atoms with E-state index in [0.717, 1.165) is 47.3 Å². The van der Waals surface area contributed by atoms with Gasteiger partial charge in [-0.3, -0.25) is 4.79 Å². The third-order valence-corrected chi connectivity index (χ3v) is 4.63. The molecule has 0 spiro atoms. The Kier molecular flexibility index (Phi) is 4.87. The normalized spacial score (nSPS) is 15.2. The second-order valence-electron chi connectivity index (χ2n) is 5.22. The van der Waals surface area contributed by atoms with E-state index in [4.69, 9.17) is 10.5 Å². The van der Waals surface area contributed by atoms with Crippen molar-refractivity contribution in [3.05, 3.63) is 18.2 Å². The zero-order valence-electron chi connectivity index (χ0n) is 12.4. The van der Waals surface area contributed by atoms with Crippen LogP contribution in [0.4, 0.5) is 10.8 Å². The first-order valence-corrected chi connectivity index (χ1v) is 8.31. The number of hydrogen-bond acceptors (Lipinski definition) is 6. The molecule has 1 saturated heterocycles. The fraction of sp³-hybridized carbons (Fsp3) is 0.467. The molecule has 6 nitrogen and oxygen atoms in total. The van der Waals surface area contributed by atoms with Crippen LogP contribution >= 0.6 is 11.3 Å². The van der Waals surface area contributed by atoms with Gasteiger partial charge < -0.3 is 20.7 Å². The number of nitrogens with one attached hydrogen (secondary N) is 1. The van der Waals surface area contributed by atoms with E-state index in [1.807, 2.05) is 18.2 Å². The number of benzene rings is 1. The smallest absolute Gasteiger partial charge is 0.224 e. The summed E-state index contributed by atoms with van der Waals surface area (Å²) in [6.07, 6.45) is 1.16. The lowest BCUT2D eigenvalue weighted by Crippen LogP contribution is -2.36. The van der Waals surface area contributed by atoms with E-state index in [2.05, 4.69) is 15.2 Å². The van der Waals surface area contributed by atoms with Gasteiger partial charge in [-0.1, -0.05) is 11.3 Å². The maximum absolute atomic E-state index is 11.8. The molecule has 1 amide bonds. The molecule has 0 bridgehead atoms. The average molecular weight is 320 g/mol. The summed E-state index contributed by atoms with van der Waals surface area (Å²) in [6, 6.07) is 5.83. The summed E-state index contributed by atoms with van der Waals surface area (Å²) >= 11 is 1.65. The Labute approximate surface area is 133 Å².